The van der Waals surface area contributed by atoms with Crippen LogP contribution in [0.5, 0.6) is 5.75 Å². The summed E-state index contributed by atoms with van der Waals surface area (Å²) in [5, 5.41) is 13.0. The fourth-order valence-electron chi connectivity index (χ4n) is 0.731. The summed E-state index contributed by atoms with van der Waals surface area (Å²) in [7, 11) is 1.70. The smallest absolute Gasteiger partial charge is 0.124 e. The molecule has 0 aliphatic carbocycles. The molecule has 0 fully saturated rings. The van der Waals surface area contributed by atoms with E-state index in [1.54, 1.807) is 31.5 Å². The lowest BCUT2D eigenvalue weighted by atomic mass is 10.2. The van der Waals surface area contributed by atoms with Gasteiger partial charge in [-0.3, -0.25) is 0 Å². The van der Waals surface area contributed by atoms with Gasteiger partial charge in [0.05, 0.1) is 6.21 Å². The molecular weight excluding hydrogens is 140 g/mol. The molecule has 0 aliphatic heterocycles. The number of phenols is 1. The fraction of sp³-hybridized carbons (Fsp3) is 0.125. The number of benzene rings is 1. The first-order valence-corrected chi connectivity index (χ1v) is 3.32. The van der Waals surface area contributed by atoms with Gasteiger partial charge in [-0.2, -0.15) is 5.10 Å². The molecule has 0 unspecified atom stereocenters. The normalized spacial score (nSPS) is 10.3. The van der Waals surface area contributed by atoms with Crippen LogP contribution in [0, 0.1) is 0 Å². The maximum atomic E-state index is 9.22. The SMILES string of the molecule is CNN=Cc1ccccc1O. The van der Waals surface area contributed by atoms with Crippen LogP contribution in [0.2, 0.25) is 0 Å². The third kappa shape index (κ3) is 1.97. The minimum absolute atomic E-state index is 0.242. The summed E-state index contributed by atoms with van der Waals surface area (Å²) in [6.07, 6.45) is 1.56. The molecule has 1 rings (SSSR count). The number of hydrogen-bond acceptors (Lipinski definition) is 3. The van der Waals surface area contributed by atoms with Gasteiger partial charge in [0, 0.05) is 12.6 Å². The minimum Gasteiger partial charge on any atom is -0.507 e. The van der Waals surface area contributed by atoms with E-state index in [4.69, 9.17) is 0 Å². The first-order valence-electron chi connectivity index (χ1n) is 3.32. The highest BCUT2D eigenvalue weighted by Gasteiger charge is 1.92. The lowest BCUT2D eigenvalue weighted by molar-refractivity contribution is 0.474. The van der Waals surface area contributed by atoms with Crippen molar-refractivity contribution < 1.29 is 5.11 Å². The van der Waals surface area contributed by atoms with Crippen LogP contribution in [-0.2, 0) is 0 Å². The second kappa shape index (κ2) is 3.61. The average molecular weight is 150 g/mol. The van der Waals surface area contributed by atoms with Crippen LogP contribution in [0.4, 0.5) is 0 Å². The van der Waals surface area contributed by atoms with Crippen LogP contribution >= 0.6 is 0 Å². The molecule has 0 bridgehead atoms. The highest BCUT2D eigenvalue weighted by atomic mass is 16.3. The van der Waals surface area contributed by atoms with Gasteiger partial charge in [-0.1, -0.05) is 12.1 Å². The molecule has 0 atom stereocenters. The zero-order valence-electron chi connectivity index (χ0n) is 6.28. The number of hydrogen-bond donors (Lipinski definition) is 2. The van der Waals surface area contributed by atoms with E-state index in [9.17, 15) is 5.11 Å². The van der Waals surface area contributed by atoms with E-state index in [2.05, 4.69) is 10.5 Å². The maximum Gasteiger partial charge on any atom is 0.124 e. The van der Waals surface area contributed by atoms with Gasteiger partial charge < -0.3 is 10.5 Å². The third-order valence-corrected chi connectivity index (χ3v) is 1.27. The van der Waals surface area contributed by atoms with E-state index in [0.717, 1.165) is 0 Å². The number of hydrazone groups is 1. The number of nitrogens with one attached hydrogen (secondary N) is 1. The van der Waals surface area contributed by atoms with E-state index >= 15 is 0 Å². The zero-order chi connectivity index (χ0) is 8.10. The van der Waals surface area contributed by atoms with Gasteiger partial charge in [0.15, 0.2) is 0 Å². The van der Waals surface area contributed by atoms with E-state index in [-0.39, 0.29) is 5.75 Å². The second-order valence-corrected chi connectivity index (χ2v) is 2.04. The summed E-state index contributed by atoms with van der Waals surface area (Å²) < 4.78 is 0. The molecule has 3 heteroatoms. The topological polar surface area (TPSA) is 44.6 Å². The highest BCUT2D eigenvalue weighted by Crippen LogP contribution is 2.12. The molecule has 0 saturated carbocycles. The van der Waals surface area contributed by atoms with Crippen molar-refractivity contribution in [2.24, 2.45) is 5.10 Å². The van der Waals surface area contributed by atoms with Gasteiger partial charge in [-0.25, -0.2) is 0 Å². The van der Waals surface area contributed by atoms with E-state index in [1.807, 2.05) is 6.07 Å². The quantitative estimate of drug-likeness (QED) is 0.487. The van der Waals surface area contributed by atoms with Crippen LogP contribution < -0.4 is 5.43 Å². The standard InChI is InChI=1S/C8H10N2O/c1-9-10-6-7-4-2-3-5-8(7)11/h2-6,9,11H,1H3. The Hall–Kier alpha value is -1.51. The molecule has 0 radical (unpaired) electrons. The van der Waals surface area contributed by atoms with Crippen LogP contribution in [-0.4, -0.2) is 18.4 Å². The molecule has 0 aliphatic rings. The summed E-state index contributed by atoms with van der Waals surface area (Å²) >= 11 is 0. The van der Waals surface area contributed by atoms with Crippen molar-refractivity contribution >= 4 is 6.21 Å². The van der Waals surface area contributed by atoms with Crippen molar-refractivity contribution in [2.45, 2.75) is 0 Å². The molecule has 0 spiro atoms. The number of para-hydroxylation sites is 1. The molecule has 3 nitrogen and oxygen atoms in total. The lowest BCUT2D eigenvalue weighted by Crippen LogP contribution is -1.94. The summed E-state index contributed by atoms with van der Waals surface area (Å²) in [4.78, 5) is 0. The largest absolute Gasteiger partial charge is 0.507 e. The molecule has 0 aromatic heterocycles. The maximum absolute atomic E-state index is 9.22. The number of rotatable bonds is 2. The molecule has 0 amide bonds. The first kappa shape index (κ1) is 7.60. The Bertz CT molecular complexity index is 258. The average Bonchev–Trinajstić information content (AvgIpc) is 2.03. The number of phenolic OH excluding ortho intramolecular Hbond substituents is 1. The fourth-order valence-corrected chi connectivity index (χ4v) is 0.731. The van der Waals surface area contributed by atoms with E-state index in [0.29, 0.717) is 5.56 Å². The zero-order valence-corrected chi connectivity index (χ0v) is 6.28. The summed E-state index contributed by atoms with van der Waals surface area (Å²) in [6, 6.07) is 7.02. The molecule has 11 heavy (non-hydrogen) atoms. The van der Waals surface area contributed by atoms with Crippen molar-refractivity contribution in [3.05, 3.63) is 29.8 Å². The Morgan fingerprint density at radius 3 is 2.82 bits per heavy atom. The molecule has 58 valence electrons. The molecule has 2 N–H and O–H groups in total. The van der Waals surface area contributed by atoms with Crippen LogP contribution in [0.25, 0.3) is 0 Å². The number of nitrogens with zero attached hydrogens (tertiary/aromatic N) is 1. The Labute approximate surface area is 65.4 Å². The summed E-state index contributed by atoms with van der Waals surface area (Å²) in [5.41, 5.74) is 3.31. The van der Waals surface area contributed by atoms with Crippen molar-refractivity contribution in [3.63, 3.8) is 0 Å². The summed E-state index contributed by atoms with van der Waals surface area (Å²) in [5.74, 6) is 0.242. The highest BCUT2D eigenvalue weighted by molar-refractivity contribution is 5.82. The predicted octanol–water partition coefficient (Wildman–Crippen LogP) is 0.946. The van der Waals surface area contributed by atoms with Crippen molar-refractivity contribution in [2.75, 3.05) is 7.05 Å². The van der Waals surface area contributed by atoms with Crippen LogP contribution in [0.3, 0.4) is 0 Å². The van der Waals surface area contributed by atoms with Gasteiger partial charge in [-0.05, 0) is 12.1 Å². The Morgan fingerprint density at radius 2 is 2.18 bits per heavy atom. The minimum atomic E-state index is 0.242. The Kier molecular flexibility index (Phi) is 2.49. The lowest BCUT2D eigenvalue weighted by Gasteiger charge is -1.95. The molecule has 0 saturated heterocycles. The van der Waals surface area contributed by atoms with Gasteiger partial charge in [-0.15, -0.1) is 0 Å². The third-order valence-electron chi connectivity index (χ3n) is 1.27. The van der Waals surface area contributed by atoms with E-state index < -0.39 is 0 Å². The monoisotopic (exact) mass is 150 g/mol. The van der Waals surface area contributed by atoms with Gasteiger partial charge >= 0.3 is 0 Å². The molecule has 0 heterocycles. The van der Waals surface area contributed by atoms with Crippen molar-refractivity contribution in [3.8, 4) is 5.75 Å². The van der Waals surface area contributed by atoms with Gasteiger partial charge in [0.25, 0.3) is 0 Å². The van der Waals surface area contributed by atoms with Crippen molar-refractivity contribution in [1.82, 2.24) is 5.43 Å². The molecular formula is C8H10N2O. The Morgan fingerprint density at radius 1 is 1.45 bits per heavy atom. The van der Waals surface area contributed by atoms with E-state index in [1.165, 1.54) is 0 Å². The molecule has 1 aromatic rings. The second-order valence-electron chi connectivity index (χ2n) is 2.04. The van der Waals surface area contributed by atoms with Crippen LogP contribution in [0.15, 0.2) is 29.4 Å². The summed E-state index contributed by atoms with van der Waals surface area (Å²) in [6.45, 7) is 0. The predicted molar refractivity (Wildman–Crippen MR) is 44.8 cm³/mol. The van der Waals surface area contributed by atoms with Crippen LogP contribution in [0.1, 0.15) is 5.56 Å². The molecule has 1 aromatic carbocycles. The number of aromatic hydroxyl groups is 1. The first-order chi connectivity index (χ1) is 5.34. The Balaban J connectivity index is 2.86. The van der Waals surface area contributed by atoms with Gasteiger partial charge in [0.1, 0.15) is 5.75 Å². The van der Waals surface area contributed by atoms with Crippen molar-refractivity contribution in [1.29, 1.82) is 0 Å². The van der Waals surface area contributed by atoms with Gasteiger partial charge in [0.2, 0.25) is 0 Å².